The molecule has 0 unspecified atom stereocenters. The van der Waals surface area contributed by atoms with Crippen molar-refractivity contribution in [3.05, 3.63) is 88.3 Å². The van der Waals surface area contributed by atoms with E-state index in [1.165, 1.54) is 65.6 Å². The Hall–Kier alpha value is -3.59. The third-order valence-electron chi connectivity index (χ3n) is 6.03. The molecule has 1 amide bonds. The maximum atomic E-state index is 13.3. The van der Waals surface area contributed by atoms with Crippen LogP contribution < -0.4 is 10.3 Å². The van der Waals surface area contributed by atoms with Crippen molar-refractivity contribution >= 4 is 5.91 Å². The Morgan fingerprint density at radius 2 is 1.71 bits per heavy atom. The van der Waals surface area contributed by atoms with Gasteiger partial charge in [-0.25, -0.2) is 8.78 Å². The van der Waals surface area contributed by atoms with Gasteiger partial charge in [0.05, 0.1) is 12.2 Å². The fourth-order valence-corrected chi connectivity index (χ4v) is 4.35. The molecule has 3 aromatic rings. The number of hydrogen-bond acceptors (Lipinski definition) is 5. The van der Waals surface area contributed by atoms with Crippen LogP contribution in [0.1, 0.15) is 37.2 Å². The SMILES string of the molecule is CC(C)C[C@]1(O)CCN(C(=O)c2ccc(=O)n(-c3ccc(F)cc3)n2)C[C@@H]1Oc1ccc(F)cc1. The summed E-state index contributed by atoms with van der Waals surface area (Å²) in [5.41, 5.74) is -1.28. The van der Waals surface area contributed by atoms with Crippen LogP contribution in [-0.4, -0.2) is 50.5 Å². The molecule has 4 rings (SSSR count). The maximum absolute atomic E-state index is 13.3. The van der Waals surface area contributed by atoms with Gasteiger partial charge in [0.1, 0.15) is 34.8 Å². The van der Waals surface area contributed by atoms with Gasteiger partial charge >= 0.3 is 0 Å². The molecule has 2 atom stereocenters. The molecule has 2 heterocycles. The lowest BCUT2D eigenvalue weighted by Gasteiger charge is -2.45. The number of likely N-dealkylation sites (tertiary alicyclic amines) is 1. The highest BCUT2D eigenvalue weighted by Gasteiger charge is 2.45. The molecule has 0 saturated carbocycles. The van der Waals surface area contributed by atoms with Crippen molar-refractivity contribution in [1.82, 2.24) is 14.7 Å². The molecular weight excluding hydrogens is 456 g/mol. The summed E-state index contributed by atoms with van der Waals surface area (Å²) < 4.78 is 33.7. The Morgan fingerprint density at radius 3 is 2.34 bits per heavy atom. The van der Waals surface area contributed by atoms with E-state index in [-0.39, 0.29) is 31.1 Å². The molecule has 1 N–H and O–H groups in total. The number of nitrogens with zero attached hydrogens (tertiary/aromatic N) is 3. The van der Waals surface area contributed by atoms with Crippen LogP contribution in [0.5, 0.6) is 5.75 Å². The molecule has 0 spiro atoms. The third kappa shape index (κ3) is 5.57. The Bertz CT molecular complexity index is 1240. The summed E-state index contributed by atoms with van der Waals surface area (Å²) >= 11 is 0. The van der Waals surface area contributed by atoms with Crippen molar-refractivity contribution in [1.29, 1.82) is 0 Å². The number of carbonyl (C=O) groups excluding carboxylic acids is 1. The highest BCUT2D eigenvalue weighted by atomic mass is 19.1. The van der Waals surface area contributed by atoms with Crippen LogP contribution in [0.25, 0.3) is 5.69 Å². The lowest BCUT2D eigenvalue weighted by atomic mass is 9.81. The molecule has 0 aliphatic carbocycles. The average Bonchev–Trinajstić information content (AvgIpc) is 2.82. The van der Waals surface area contributed by atoms with Crippen molar-refractivity contribution in [2.24, 2.45) is 5.92 Å². The average molecular weight is 484 g/mol. The number of aromatic nitrogens is 2. The first-order valence-electron chi connectivity index (χ1n) is 11.4. The van der Waals surface area contributed by atoms with Gasteiger partial charge in [0.2, 0.25) is 0 Å². The van der Waals surface area contributed by atoms with Gasteiger partial charge in [0.25, 0.3) is 11.5 Å². The van der Waals surface area contributed by atoms with Crippen LogP contribution in [-0.2, 0) is 0 Å². The quantitative estimate of drug-likeness (QED) is 0.580. The van der Waals surface area contributed by atoms with Gasteiger partial charge in [-0.3, -0.25) is 9.59 Å². The van der Waals surface area contributed by atoms with Crippen molar-refractivity contribution in [2.75, 3.05) is 13.1 Å². The molecule has 1 fully saturated rings. The first kappa shape index (κ1) is 24.5. The summed E-state index contributed by atoms with van der Waals surface area (Å²) in [5.74, 6) is -0.723. The van der Waals surface area contributed by atoms with E-state index in [2.05, 4.69) is 5.10 Å². The molecule has 1 aliphatic rings. The second-order valence-electron chi connectivity index (χ2n) is 9.21. The molecule has 0 radical (unpaired) electrons. The lowest BCUT2D eigenvalue weighted by molar-refractivity contribution is -0.111. The lowest BCUT2D eigenvalue weighted by Crippen LogP contribution is -2.59. The normalized spacial score (nSPS) is 20.2. The molecule has 1 aliphatic heterocycles. The van der Waals surface area contributed by atoms with Gasteiger partial charge in [-0.1, -0.05) is 13.8 Å². The molecule has 1 saturated heterocycles. The molecule has 2 aromatic carbocycles. The zero-order chi connectivity index (χ0) is 25.2. The Labute approximate surface area is 201 Å². The largest absolute Gasteiger partial charge is 0.486 e. The van der Waals surface area contributed by atoms with Gasteiger partial charge in [-0.05, 0) is 73.4 Å². The van der Waals surface area contributed by atoms with Crippen LogP contribution in [0.3, 0.4) is 0 Å². The summed E-state index contributed by atoms with van der Waals surface area (Å²) in [6, 6.07) is 13.3. The predicted molar refractivity (Wildman–Crippen MR) is 126 cm³/mol. The van der Waals surface area contributed by atoms with E-state index >= 15 is 0 Å². The van der Waals surface area contributed by atoms with Gasteiger partial charge < -0.3 is 14.7 Å². The van der Waals surface area contributed by atoms with E-state index in [0.29, 0.717) is 17.9 Å². The van der Waals surface area contributed by atoms with Gasteiger partial charge in [-0.15, -0.1) is 0 Å². The van der Waals surface area contributed by atoms with E-state index in [4.69, 9.17) is 4.74 Å². The zero-order valence-corrected chi connectivity index (χ0v) is 19.5. The number of carbonyl (C=O) groups is 1. The van der Waals surface area contributed by atoms with E-state index in [1.807, 2.05) is 13.8 Å². The summed E-state index contributed by atoms with van der Waals surface area (Å²) in [5, 5.41) is 15.6. The summed E-state index contributed by atoms with van der Waals surface area (Å²) in [6.07, 6.45) is -0.00863. The molecular formula is C26H27F2N3O4. The summed E-state index contributed by atoms with van der Waals surface area (Å²) in [6.45, 7) is 4.33. The number of aliphatic hydroxyl groups is 1. The first-order chi connectivity index (χ1) is 16.6. The van der Waals surface area contributed by atoms with Crippen molar-refractivity contribution in [3.8, 4) is 11.4 Å². The van der Waals surface area contributed by atoms with Crippen LogP contribution in [0.15, 0.2) is 65.5 Å². The van der Waals surface area contributed by atoms with Crippen LogP contribution in [0, 0.1) is 17.6 Å². The van der Waals surface area contributed by atoms with Gasteiger partial charge in [0, 0.05) is 12.6 Å². The standard InChI is InChI=1S/C26H27F2N3O4/c1-17(2)15-26(34)13-14-30(16-23(26)35-21-9-5-19(28)6-10-21)25(33)22-11-12-24(32)31(29-22)20-7-3-18(27)4-8-20/h3-12,17,23,34H,13-16H2,1-2H3/t23-,26+/m0/s1. The maximum Gasteiger partial charge on any atom is 0.274 e. The highest BCUT2D eigenvalue weighted by Crippen LogP contribution is 2.33. The van der Waals surface area contributed by atoms with Crippen molar-refractivity contribution < 1.29 is 23.4 Å². The first-order valence-corrected chi connectivity index (χ1v) is 11.4. The molecule has 9 heteroatoms. The number of benzene rings is 2. The van der Waals surface area contributed by atoms with Gasteiger partial charge in [-0.2, -0.15) is 9.78 Å². The van der Waals surface area contributed by atoms with E-state index < -0.39 is 34.8 Å². The number of hydrogen-bond donors (Lipinski definition) is 1. The Morgan fingerprint density at radius 1 is 1.09 bits per heavy atom. The number of ether oxygens (including phenoxy) is 1. The molecule has 1 aromatic heterocycles. The molecule has 184 valence electrons. The predicted octanol–water partition coefficient (Wildman–Crippen LogP) is 3.58. The minimum Gasteiger partial charge on any atom is -0.486 e. The summed E-state index contributed by atoms with van der Waals surface area (Å²) in [7, 11) is 0. The Balaban J connectivity index is 1.59. The Kier molecular flexibility index (Phi) is 6.98. The number of piperidine rings is 1. The zero-order valence-electron chi connectivity index (χ0n) is 19.5. The smallest absolute Gasteiger partial charge is 0.274 e. The van der Waals surface area contributed by atoms with Crippen LogP contribution in [0.4, 0.5) is 8.78 Å². The fourth-order valence-electron chi connectivity index (χ4n) is 4.35. The molecule has 7 nitrogen and oxygen atoms in total. The second-order valence-corrected chi connectivity index (χ2v) is 9.21. The fraction of sp³-hybridized carbons (Fsp3) is 0.346. The van der Waals surface area contributed by atoms with Crippen LogP contribution >= 0.6 is 0 Å². The van der Waals surface area contributed by atoms with Crippen molar-refractivity contribution in [3.63, 3.8) is 0 Å². The third-order valence-corrected chi connectivity index (χ3v) is 6.03. The minimum absolute atomic E-state index is 0.0313. The number of amides is 1. The van der Waals surface area contributed by atoms with E-state index in [9.17, 15) is 23.5 Å². The summed E-state index contributed by atoms with van der Waals surface area (Å²) in [4.78, 5) is 27.2. The van der Waals surface area contributed by atoms with Gasteiger partial charge in [0.15, 0.2) is 0 Å². The monoisotopic (exact) mass is 483 g/mol. The minimum atomic E-state index is -1.18. The molecule has 35 heavy (non-hydrogen) atoms. The molecule has 0 bridgehead atoms. The number of halogens is 2. The number of rotatable bonds is 6. The second kappa shape index (κ2) is 9.95. The van der Waals surface area contributed by atoms with E-state index in [1.54, 1.807) is 0 Å². The van der Waals surface area contributed by atoms with Crippen LogP contribution in [0.2, 0.25) is 0 Å². The highest BCUT2D eigenvalue weighted by molar-refractivity contribution is 5.92. The van der Waals surface area contributed by atoms with E-state index in [0.717, 1.165) is 4.68 Å². The topological polar surface area (TPSA) is 84.7 Å². The van der Waals surface area contributed by atoms with Crippen molar-refractivity contribution in [2.45, 2.75) is 38.4 Å².